The molecule has 0 bridgehead atoms. The predicted molar refractivity (Wildman–Crippen MR) is 120 cm³/mol. The van der Waals surface area contributed by atoms with Crippen LogP contribution in [0.5, 0.6) is 0 Å². The lowest BCUT2D eigenvalue weighted by atomic mass is 10.1. The van der Waals surface area contributed by atoms with Gasteiger partial charge in [0.2, 0.25) is 0 Å². The van der Waals surface area contributed by atoms with Gasteiger partial charge in [0.15, 0.2) is 0 Å². The molecule has 1 aliphatic heterocycles. The van der Waals surface area contributed by atoms with Crippen molar-refractivity contribution >= 4 is 35.6 Å². The maximum atomic E-state index is 13.0. The molecule has 2 aromatic carbocycles. The summed E-state index contributed by atoms with van der Waals surface area (Å²) in [5, 5.41) is 2.18. The molecule has 1 N–H and O–H groups in total. The van der Waals surface area contributed by atoms with Crippen LogP contribution >= 0.6 is 0 Å². The highest BCUT2D eigenvalue weighted by atomic mass is 16.5. The lowest BCUT2D eigenvalue weighted by Gasteiger charge is -2.26. The Morgan fingerprint density at radius 3 is 2.48 bits per heavy atom. The van der Waals surface area contributed by atoms with Crippen molar-refractivity contribution in [3.05, 3.63) is 83.1 Å². The Balaban J connectivity index is 1.67. The number of benzene rings is 2. The number of barbiturate groups is 1. The first kappa shape index (κ1) is 21.8. The summed E-state index contributed by atoms with van der Waals surface area (Å²) < 4.78 is 10.9. The zero-order chi connectivity index (χ0) is 23.5. The summed E-state index contributed by atoms with van der Waals surface area (Å²) in [6, 6.07) is 15.9. The zero-order valence-corrected chi connectivity index (χ0v) is 18.0. The van der Waals surface area contributed by atoms with Crippen LogP contribution in [-0.2, 0) is 14.3 Å². The number of aryl methyl sites for hydroxylation is 1. The molecule has 0 aliphatic carbocycles. The number of hydrogen-bond acceptors (Lipinski definition) is 6. The van der Waals surface area contributed by atoms with Crippen LogP contribution in [0.25, 0.3) is 17.4 Å². The van der Waals surface area contributed by atoms with Gasteiger partial charge in [0.05, 0.1) is 17.9 Å². The maximum absolute atomic E-state index is 13.0. The van der Waals surface area contributed by atoms with Gasteiger partial charge in [-0.25, -0.2) is 14.5 Å². The van der Waals surface area contributed by atoms with E-state index in [9.17, 15) is 19.2 Å². The number of esters is 1. The topological polar surface area (TPSA) is 106 Å². The molecule has 0 radical (unpaired) electrons. The van der Waals surface area contributed by atoms with Gasteiger partial charge in [-0.2, -0.15) is 0 Å². The number of imide groups is 2. The molecular weight excluding hydrogens is 424 g/mol. The lowest BCUT2D eigenvalue weighted by molar-refractivity contribution is -0.122. The van der Waals surface area contributed by atoms with Crippen molar-refractivity contribution < 1.29 is 28.3 Å². The predicted octanol–water partition coefficient (Wildman–Crippen LogP) is 4.10. The van der Waals surface area contributed by atoms with Crippen LogP contribution in [0.4, 0.5) is 10.5 Å². The van der Waals surface area contributed by atoms with Gasteiger partial charge in [-0.15, -0.1) is 0 Å². The van der Waals surface area contributed by atoms with Gasteiger partial charge in [-0.1, -0.05) is 35.9 Å². The summed E-state index contributed by atoms with van der Waals surface area (Å²) in [6.07, 6.45) is 1.27. The lowest BCUT2D eigenvalue weighted by Crippen LogP contribution is -2.54. The van der Waals surface area contributed by atoms with E-state index < -0.39 is 23.8 Å². The molecule has 33 heavy (non-hydrogen) atoms. The first-order chi connectivity index (χ1) is 15.9. The Morgan fingerprint density at radius 2 is 1.76 bits per heavy atom. The molecule has 1 aromatic heterocycles. The second-order valence-corrected chi connectivity index (χ2v) is 7.26. The third-order valence-electron chi connectivity index (χ3n) is 5.00. The Labute approximate surface area is 189 Å². The molecule has 2 heterocycles. The highest BCUT2D eigenvalue weighted by Crippen LogP contribution is 2.28. The maximum Gasteiger partial charge on any atom is 0.338 e. The van der Waals surface area contributed by atoms with Crippen molar-refractivity contribution in [2.75, 3.05) is 11.5 Å². The Morgan fingerprint density at radius 1 is 1.03 bits per heavy atom. The second-order valence-electron chi connectivity index (χ2n) is 7.26. The number of rotatable bonds is 5. The summed E-state index contributed by atoms with van der Waals surface area (Å²) >= 11 is 0. The van der Waals surface area contributed by atoms with Crippen molar-refractivity contribution in [3.8, 4) is 11.3 Å². The van der Waals surface area contributed by atoms with Gasteiger partial charge < -0.3 is 9.15 Å². The summed E-state index contributed by atoms with van der Waals surface area (Å²) in [5.74, 6) is -1.50. The number of carbonyl (C=O) groups excluding carboxylic acids is 4. The van der Waals surface area contributed by atoms with Crippen molar-refractivity contribution in [2.45, 2.75) is 13.8 Å². The zero-order valence-electron chi connectivity index (χ0n) is 18.0. The number of nitrogens with zero attached hydrogens (tertiary/aromatic N) is 1. The van der Waals surface area contributed by atoms with Crippen LogP contribution in [-0.4, -0.2) is 30.4 Å². The van der Waals surface area contributed by atoms with E-state index in [-0.39, 0.29) is 17.9 Å². The molecule has 1 saturated heterocycles. The van der Waals surface area contributed by atoms with Crippen molar-refractivity contribution in [3.63, 3.8) is 0 Å². The van der Waals surface area contributed by atoms with Crippen LogP contribution in [0.15, 0.2) is 70.7 Å². The van der Waals surface area contributed by atoms with Gasteiger partial charge in [0.1, 0.15) is 17.1 Å². The number of furan rings is 1. The highest BCUT2D eigenvalue weighted by molar-refractivity contribution is 6.39. The molecule has 3 aromatic rings. The number of urea groups is 1. The minimum absolute atomic E-state index is 0.209. The fourth-order valence-corrected chi connectivity index (χ4v) is 3.39. The first-order valence-corrected chi connectivity index (χ1v) is 10.2. The van der Waals surface area contributed by atoms with Gasteiger partial charge >= 0.3 is 12.0 Å². The molecular formula is C25H20N2O6. The quantitative estimate of drug-likeness (QED) is 0.361. The standard InChI is InChI=1S/C25H20N2O6/c1-3-32-24(30)19-7-5-4-6-18(19)21-13-12-17(33-21)14-20-22(28)26-25(31)27(23(20)29)16-10-8-15(2)9-11-16/h4-14H,3H2,1-2H3,(H,26,28,31)/b20-14-. The smallest absolute Gasteiger partial charge is 0.338 e. The average Bonchev–Trinajstić information content (AvgIpc) is 3.26. The van der Waals surface area contributed by atoms with E-state index >= 15 is 0 Å². The average molecular weight is 444 g/mol. The summed E-state index contributed by atoms with van der Waals surface area (Å²) in [4.78, 5) is 50.9. The molecule has 4 rings (SSSR count). The van der Waals surface area contributed by atoms with Crippen LogP contribution < -0.4 is 10.2 Å². The Kier molecular flexibility index (Phi) is 5.91. The van der Waals surface area contributed by atoms with Crippen LogP contribution in [0, 0.1) is 6.92 Å². The third-order valence-corrected chi connectivity index (χ3v) is 5.00. The Hall–Kier alpha value is -4.46. The van der Waals surface area contributed by atoms with E-state index in [0.717, 1.165) is 10.5 Å². The van der Waals surface area contributed by atoms with Gasteiger partial charge in [-0.3, -0.25) is 14.9 Å². The molecule has 166 valence electrons. The SMILES string of the molecule is CCOC(=O)c1ccccc1-c1ccc(/C=C2/C(=O)NC(=O)N(c3ccc(C)cc3)C2=O)o1. The minimum atomic E-state index is -0.825. The van der Waals surface area contributed by atoms with Gasteiger partial charge in [0, 0.05) is 5.56 Å². The molecule has 8 nitrogen and oxygen atoms in total. The van der Waals surface area contributed by atoms with Gasteiger partial charge in [-0.05, 0) is 50.3 Å². The number of amides is 4. The van der Waals surface area contributed by atoms with E-state index in [4.69, 9.17) is 9.15 Å². The van der Waals surface area contributed by atoms with E-state index in [1.807, 2.05) is 6.92 Å². The van der Waals surface area contributed by atoms with Crippen LogP contribution in [0.1, 0.15) is 28.6 Å². The first-order valence-electron chi connectivity index (χ1n) is 10.2. The number of ether oxygens (including phenoxy) is 1. The summed E-state index contributed by atoms with van der Waals surface area (Å²) in [6.45, 7) is 3.83. The third kappa shape index (κ3) is 4.31. The number of carbonyl (C=O) groups is 4. The largest absolute Gasteiger partial charge is 0.462 e. The fourth-order valence-electron chi connectivity index (χ4n) is 3.39. The molecule has 1 aliphatic rings. The van der Waals surface area contributed by atoms with Gasteiger partial charge in [0.25, 0.3) is 11.8 Å². The molecule has 0 saturated carbocycles. The molecule has 0 atom stereocenters. The molecule has 0 unspecified atom stereocenters. The highest BCUT2D eigenvalue weighted by Gasteiger charge is 2.37. The second kappa shape index (κ2) is 8.96. The number of hydrogen-bond donors (Lipinski definition) is 1. The van der Waals surface area contributed by atoms with E-state index in [1.54, 1.807) is 67.6 Å². The van der Waals surface area contributed by atoms with Crippen molar-refractivity contribution in [1.82, 2.24) is 5.32 Å². The number of anilines is 1. The normalized spacial score (nSPS) is 15.0. The van der Waals surface area contributed by atoms with E-state index in [0.29, 0.717) is 22.6 Å². The number of nitrogens with one attached hydrogen (secondary N) is 1. The van der Waals surface area contributed by atoms with Crippen molar-refractivity contribution in [1.29, 1.82) is 0 Å². The monoisotopic (exact) mass is 444 g/mol. The summed E-state index contributed by atoms with van der Waals surface area (Å²) in [5.41, 5.74) is 1.88. The van der Waals surface area contributed by atoms with Crippen LogP contribution in [0.3, 0.4) is 0 Å². The van der Waals surface area contributed by atoms with E-state index in [1.165, 1.54) is 6.08 Å². The van der Waals surface area contributed by atoms with E-state index in [2.05, 4.69) is 5.32 Å². The minimum Gasteiger partial charge on any atom is -0.462 e. The summed E-state index contributed by atoms with van der Waals surface area (Å²) in [7, 11) is 0. The molecule has 8 heteroatoms. The van der Waals surface area contributed by atoms with Crippen LogP contribution in [0.2, 0.25) is 0 Å². The molecule has 4 amide bonds. The molecule has 0 spiro atoms. The Bertz CT molecular complexity index is 1290. The van der Waals surface area contributed by atoms with Crippen molar-refractivity contribution in [2.24, 2.45) is 0 Å². The molecule has 1 fully saturated rings. The fraction of sp³-hybridized carbons (Fsp3) is 0.120.